The molecule has 1 aliphatic heterocycles. The number of fused-ring (bicyclic) bond motifs is 2. The summed E-state index contributed by atoms with van der Waals surface area (Å²) in [6.07, 6.45) is 0.809. The maximum atomic E-state index is 9.94. The SMILES string of the molecule is Cc1ccc2c(c1)Cc1c(O)cccc1N2C. The Labute approximate surface area is 101 Å². The maximum Gasteiger partial charge on any atom is 0.121 e. The van der Waals surface area contributed by atoms with E-state index < -0.39 is 0 Å². The molecule has 0 atom stereocenters. The van der Waals surface area contributed by atoms with Gasteiger partial charge in [-0.05, 0) is 30.7 Å². The van der Waals surface area contributed by atoms with E-state index in [2.05, 4.69) is 36.1 Å². The van der Waals surface area contributed by atoms with Gasteiger partial charge in [-0.2, -0.15) is 0 Å². The molecule has 0 amide bonds. The lowest BCUT2D eigenvalue weighted by Crippen LogP contribution is -2.18. The van der Waals surface area contributed by atoms with E-state index in [0.717, 1.165) is 17.7 Å². The number of hydrogen-bond donors (Lipinski definition) is 1. The van der Waals surface area contributed by atoms with Crippen LogP contribution < -0.4 is 4.90 Å². The zero-order chi connectivity index (χ0) is 12.0. The highest BCUT2D eigenvalue weighted by Crippen LogP contribution is 2.41. The third-order valence-corrected chi connectivity index (χ3v) is 3.45. The summed E-state index contributed by atoms with van der Waals surface area (Å²) in [5.41, 5.74) is 5.89. The number of hydrogen-bond acceptors (Lipinski definition) is 2. The molecule has 0 bridgehead atoms. The molecule has 1 heterocycles. The van der Waals surface area contributed by atoms with Gasteiger partial charge in [-0.15, -0.1) is 0 Å². The number of benzene rings is 2. The van der Waals surface area contributed by atoms with Crippen LogP contribution in [0.4, 0.5) is 11.4 Å². The molecule has 2 aromatic rings. The minimum Gasteiger partial charge on any atom is -0.508 e. The molecule has 86 valence electrons. The molecule has 3 rings (SSSR count). The zero-order valence-corrected chi connectivity index (χ0v) is 10.1. The average Bonchev–Trinajstić information content (AvgIpc) is 2.30. The van der Waals surface area contributed by atoms with Gasteiger partial charge >= 0.3 is 0 Å². The minimum atomic E-state index is 0.390. The fourth-order valence-electron chi connectivity index (χ4n) is 2.56. The molecule has 1 N–H and O–H groups in total. The van der Waals surface area contributed by atoms with E-state index in [1.54, 1.807) is 6.07 Å². The highest BCUT2D eigenvalue weighted by atomic mass is 16.3. The second-order valence-electron chi connectivity index (χ2n) is 4.64. The smallest absolute Gasteiger partial charge is 0.121 e. The highest BCUT2D eigenvalue weighted by Gasteiger charge is 2.21. The van der Waals surface area contributed by atoms with Crippen LogP contribution in [0.2, 0.25) is 0 Å². The van der Waals surface area contributed by atoms with Crippen LogP contribution in [0.5, 0.6) is 5.75 Å². The summed E-state index contributed by atoms with van der Waals surface area (Å²) in [5.74, 6) is 0.390. The second-order valence-corrected chi connectivity index (χ2v) is 4.64. The quantitative estimate of drug-likeness (QED) is 0.743. The van der Waals surface area contributed by atoms with Gasteiger partial charge in [0.1, 0.15) is 5.75 Å². The molecular weight excluding hydrogens is 210 g/mol. The molecule has 0 radical (unpaired) electrons. The number of aryl methyl sites for hydroxylation is 1. The minimum absolute atomic E-state index is 0.390. The first-order valence-corrected chi connectivity index (χ1v) is 5.81. The Hall–Kier alpha value is -1.96. The third-order valence-electron chi connectivity index (χ3n) is 3.45. The van der Waals surface area contributed by atoms with Crippen molar-refractivity contribution in [1.29, 1.82) is 0 Å². The summed E-state index contributed by atoms with van der Waals surface area (Å²) in [6, 6.07) is 12.2. The van der Waals surface area contributed by atoms with E-state index >= 15 is 0 Å². The standard InChI is InChI=1S/C15H15NO/c1-10-6-7-13-11(8-10)9-12-14(16(13)2)4-3-5-15(12)17/h3-8,17H,9H2,1-2H3. The van der Waals surface area contributed by atoms with Crippen LogP contribution in [0.25, 0.3) is 0 Å². The maximum absolute atomic E-state index is 9.94. The zero-order valence-electron chi connectivity index (χ0n) is 10.1. The summed E-state index contributed by atoms with van der Waals surface area (Å²) >= 11 is 0. The molecule has 0 unspecified atom stereocenters. The fourth-order valence-corrected chi connectivity index (χ4v) is 2.56. The van der Waals surface area contributed by atoms with Crippen molar-refractivity contribution in [3.63, 3.8) is 0 Å². The lowest BCUT2D eigenvalue weighted by molar-refractivity contribution is 0.469. The van der Waals surface area contributed by atoms with Crippen molar-refractivity contribution in [3.8, 4) is 5.75 Å². The Morgan fingerprint density at radius 3 is 2.76 bits per heavy atom. The first-order valence-electron chi connectivity index (χ1n) is 5.81. The van der Waals surface area contributed by atoms with Gasteiger partial charge in [0.05, 0.1) is 0 Å². The number of rotatable bonds is 0. The summed E-state index contributed by atoms with van der Waals surface area (Å²) in [6.45, 7) is 2.10. The molecule has 0 fully saturated rings. The molecule has 2 heteroatoms. The number of nitrogens with zero attached hydrogens (tertiary/aromatic N) is 1. The topological polar surface area (TPSA) is 23.5 Å². The van der Waals surface area contributed by atoms with Gasteiger partial charge in [-0.3, -0.25) is 0 Å². The van der Waals surface area contributed by atoms with Crippen molar-refractivity contribution in [2.45, 2.75) is 13.3 Å². The van der Waals surface area contributed by atoms with Crippen LogP contribution >= 0.6 is 0 Å². The highest BCUT2D eigenvalue weighted by molar-refractivity contribution is 5.75. The average molecular weight is 225 g/mol. The number of phenolic OH excluding ortho intramolecular Hbond substituents is 1. The Kier molecular flexibility index (Phi) is 2.11. The van der Waals surface area contributed by atoms with Gasteiger partial charge in [0.25, 0.3) is 0 Å². The van der Waals surface area contributed by atoms with Crippen LogP contribution in [-0.2, 0) is 6.42 Å². The number of anilines is 2. The number of phenols is 1. The lowest BCUT2D eigenvalue weighted by Gasteiger charge is -2.30. The second kappa shape index (κ2) is 3.52. The third kappa shape index (κ3) is 1.48. The Morgan fingerprint density at radius 2 is 1.94 bits per heavy atom. The van der Waals surface area contributed by atoms with Crippen LogP contribution in [-0.4, -0.2) is 12.2 Å². The number of aromatic hydroxyl groups is 1. The van der Waals surface area contributed by atoms with Crippen molar-refractivity contribution in [3.05, 3.63) is 53.1 Å². The largest absolute Gasteiger partial charge is 0.508 e. The summed E-state index contributed by atoms with van der Waals surface area (Å²) in [7, 11) is 2.05. The van der Waals surface area contributed by atoms with Gasteiger partial charge in [-0.25, -0.2) is 0 Å². The van der Waals surface area contributed by atoms with Crippen molar-refractivity contribution < 1.29 is 5.11 Å². The van der Waals surface area contributed by atoms with E-state index in [1.807, 2.05) is 13.1 Å². The van der Waals surface area contributed by atoms with Crippen molar-refractivity contribution in [1.82, 2.24) is 0 Å². The van der Waals surface area contributed by atoms with E-state index in [0.29, 0.717) is 5.75 Å². The molecule has 0 saturated carbocycles. The van der Waals surface area contributed by atoms with Gasteiger partial charge in [0, 0.05) is 30.4 Å². The summed E-state index contributed by atoms with van der Waals surface area (Å²) < 4.78 is 0. The molecule has 0 aromatic heterocycles. The van der Waals surface area contributed by atoms with Gasteiger partial charge in [0.2, 0.25) is 0 Å². The predicted molar refractivity (Wildman–Crippen MR) is 70.2 cm³/mol. The Bertz CT molecular complexity index is 589. The molecule has 0 aliphatic carbocycles. The lowest BCUT2D eigenvalue weighted by atomic mass is 9.94. The normalized spacial score (nSPS) is 13.2. The molecule has 2 aromatic carbocycles. The molecule has 0 spiro atoms. The molecule has 1 aliphatic rings. The molecule has 2 nitrogen and oxygen atoms in total. The van der Waals surface area contributed by atoms with Gasteiger partial charge < -0.3 is 10.0 Å². The molecule has 0 saturated heterocycles. The van der Waals surface area contributed by atoms with Crippen molar-refractivity contribution >= 4 is 11.4 Å². The molecular formula is C15H15NO. The first-order chi connectivity index (χ1) is 8.16. The molecule has 17 heavy (non-hydrogen) atoms. The summed E-state index contributed by atoms with van der Waals surface area (Å²) in [4.78, 5) is 2.15. The first kappa shape index (κ1) is 10.2. The Morgan fingerprint density at radius 1 is 1.12 bits per heavy atom. The van der Waals surface area contributed by atoms with Crippen LogP contribution in [0, 0.1) is 6.92 Å². The monoisotopic (exact) mass is 225 g/mol. The van der Waals surface area contributed by atoms with Gasteiger partial charge in [0.15, 0.2) is 0 Å². The van der Waals surface area contributed by atoms with E-state index in [1.165, 1.54) is 16.8 Å². The predicted octanol–water partition coefficient (Wildman–Crippen LogP) is 3.37. The fraction of sp³-hybridized carbons (Fsp3) is 0.200. The van der Waals surface area contributed by atoms with Crippen LogP contribution in [0.1, 0.15) is 16.7 Å². The van der Waals surface area contributed by atoms with Crippen LogP contribution in [0.15, 0.2) is 36.4 Å². The van der Waals surface area contributed by atoms with Crippen LogP contribution in [0.3, 0.4) is 0 Å². The van der Waals surface area contributed by atoms with E-state index in [-0.39, 0.29) is 0 Å². The van der Waals surface area contributed by atoms with Crippen molar-refractivity contribution in [2.24, 2.45) is 0 Å². The Balaban J connectivity index is 2.21. The van der Waals surface area contributed by atoms with Gasteiger partial charge in [-0.1, -0.05) is 23.8 Å². The summed E-state index contributed by atoms with van der Waals surface area (Å²) in [5, 5.41) is 9.94. The van der Waals surface area contributed by atoms with E-state index in [9.17, 15) is 5.11 Å². The van der Waals surface area contributed by atoms with E-state index in [4.69, 9.17) is 0 Å². The van der Waals surface area contributed by atoms with Crippen molar-refractivity contribution in [2.75, 3.05) is 11.9 Å².